The van der Waals surface area contributed by atoms with Crippen LogP contribution in [0.1, 0.15) is 0 Å². The molecule has 0 heterocycles. The minimum atomic E-state index is -3.63. The molecule has 0 bridgehead atoms. The van der Waals surface area contributed by atoms with Gasteiger partial charge >= 0.3 is 0 Å². The number of nitrogens with zero attached hydrogens (tertiary/aromatic N) is 1. The number of guanidine groups is 1. The number of nitrogens with two attached hydrogens (primary N) is 1. The molecule has 4 N–H and O–H groups in total. The molecule has 10 heteroatoms. The van der Waals surface area contributed by atoms with E-state index in [9.17, 15) is 8.42 Å². The number of ether oxygens (including phenoxy) is 1. The first-order chi connectivity index (χ1) is 11.9. The zero-order valence-corrected chi connectivity index (χ0v) is 17.9. The van der Waals surface area contributed by atoms with Crippen LogP contribution in [0.5, 0.6) is 5.75 Å². The molecule has 142 valence electrons. The van der Waals surface area contributed by atoms with Crippen LogP contribution in [0.3, 0.4) is 0 Å². The van der Waals surface area contributed by atoms with E-state index in [0.717, 1.165) is 11.4 Å². The molecule has 0 saturated carbocycles. The number of rotatable bonds is 7. The quantitative estimate of drug-likeness (QED) is 0.230. The van der Waals surface area contributed by atoms with Gasteiger partial charge in [-0.15, -0.1) is 24.0 Å². The number of aliphatic imine (C=N–C) groups is 1. The molecule has 0 atom stereocenters. The first-order valence-corrected chi connectivity index (χ1v) is 9.23. The van der Waals surface area contributed by atoms with Crippen molar-refractivity contribution >= 4 is 57.2 Å². The van der Waals surface area contributed by atoms with Crippen molar-refractivity contribution in [2.24, 2.45) is 10.7 Å². The summed E-state index contributed by atoms with van der Waals surface area (Å²) >= 11 is 5.80. The van der Waals surface area contributed by atoms with Gasteiger partial charge in [0.15, 0.2) is 5.96 Å². The van der Waals surface area contributed by atoms with Crippen molar-refractivity contribution in [3.63, 3.8) is 0 Å². The number of sulfonamides is 1. The SMILES string of the molecule is COc1ccc(NC(N)=NCCNS(=O)(=O)c2cccc(Cl)c2)cc1.I. The topological polar surface area (TPSA) is 106 Å². The Morgan fingerprint density at radius 3 is 2.54 bits per heavy atom. The molecule has 2 aromatic carbocycles. The third-order valence-corrected chi connectivity index (χ3v) is 4.85. The van der Waals surface area contributed by atoms with Gasteiger partial charge in [-0.3, -0.25) is 4.99 Å². The van der Waals surface area contributed by atoms with Gasteiger partial charge < -0.3 is 15.8 Å². The van der Waals surface area contributed by atoms with Gasteiger partial charge in [0.25, 0.3) is 0 Å². The van der Waals surface area contributed by atoms with Crippen LogP contribution in [-0.2, 0) is 10.0 Å². The molecule has 0 aromatic heterocycles. The Balaban J connectivity index is 0.00000338. The van der Waals surface area contributed by atoms with E-state index in [4.69, 9.17) is 22.1 Å². The molecule has 7 nitrogen and oxygen atoms in total. The fourth-order valence-electron chi connectivity index (χ4n) is 1.94. The van der Waals surface area contributed by atoms with E-state index >= 15 is 0 Å². The molecule has 0 aliphatic rings. The van der Waals surface area contributed by atoms with Crippen LogP contribution in [0.15, 0.2) is 58.4 Å². The van der Waals surface area contributed by atoms with Crippen molar-refractivity contribution < 1.29 is 13.2 Å². The Bertz CT molecular complexity index is 845. The van der Waals surface area contributed by atoms with Crippen molar-refractivity contribution in [3.05, 3.63) is 53.6 Å². The second kappa shape index (κ2) is 10.6. The van der Waals surface area contributed by atoms with Crippen LogP contribution < -0.4 is 20.5 Å². The maximum absolute atomic E-state index is 12.1. The van der Waals surface area contributed by atoms with Gasteiger partial charge in [-0.05, 0) is 42.5 Å². The molecule has 0 saturated heterocycles. The van der Waals surface area contributed by atoms with Crippen LogP contribution in [0, 0.1) is 0 Å². The lowest BCUT2D eigenvalue weighted by molar-refractivity contribution is 0.415. The molecule has 0 aliphatic carbocycles. The summed E-state index contributed by atoms with van der Waals surface area (Å²) in [4.78, 5) is 4.18. The molecule has 2 aromatic rings. The maximum Gasteiger partial charge on any atom is 0.240 e. The van der Waals surface area contributed by atoms with Gasteiger partial charge in [0.2, 0.25) is 10.0 Å². The summed E-state index contributed by atoms with van der Waals surface area (Å²) in [6.07, 6.45) is 0. The van der Waals surface area contributed by atoms with Gasteiger partial charge in [0.05, 0.1) is 18.6 Å². The Labute approximate surface area is 175 Å². The van der Waals surface area contributed by atoms with Crippen molar-refractivity contribution in [2.75, 3.05) is 25.5 Å². The van der Waals surface area contributed by atoms with Crippen LogP contribution in [0.4, 0.5) is 5.69 Å². The number of hydrogen-bond acceptors (Lipinski definition) is 4. The van der Waals surface area contributed by atoms with Gasteiger partial charge in [-0.2, -0.15) is 0 Å². The van der Waals surface area contributed by atoms with E-state index in [1.54, 1.807) is 43.5 Å². The highest BCUT2D eigenvalue weighted by atomic mass is 127. The summed E-state index contributed by atoms with van der Waals surface area (Å²) in [7, 11) is -2.04. The summed E-state index contributed by atoms with van der Waals surface area (Å²) in [5.74, 6) is 0.920. The molecular formula is C16H20ClIN4O3S. The largest absolute Gasteiger partial charge is 0.497 e. The highest BCUT2D eigenvalue weighted by Gasteiger charge is 2.13. The van der Waals surface area contributed by atoms with Gasteiger partial charge in [0.1, 0.15) is 5.75 Å². The predicted molar refractivity (Wildman–Crippen MR) is 115 cm³/mol. The number of benzene rings is 2. The Morgan fingerprint density at radius 2 is 1.92 bits per heavy atom. The fraction of sp³-hybridized carbons (Fsp3) is 0.188. The Kier molecular flexibility index (Phi) is 9.13. The highest BCUT2D eigenvalue weighted by molar-refractivity contribution is 14.0. The smallest absolute Gasteiger partial charge is 0.240 e. The van der Waals surface area contributed by atoms with Gasteiger partial charge in [0, 0.05) is 17.3 Å². The predicted octanol–water partition coefficient (Wildman–Crippen LogP) is 2.67. The van der Waals surface area contributed by atoms with E-state index in [2.05, 4.69) is 15.0 Å². The van der Waals surface area contributed by atoms with Gasteiger partial charge in [-0.25, -0.2) is 13.1 Å². The minimum Gasteiger partial charge on any atom is -0.497 e. The molecular weight excluding hydrogens is 491 g/mol. The number of nitrogens with one attached hydrogen (secondary N) is 2. The maximum atomic E-state index is 12.1. The van der Waals surface area contributed by atoms with Gasteiger partial charge in [-0.1, -0.05) is 17.7 Å². The Hall–Kier alpha value is -1.56. The van der Waals surface area contributed by atoms with E-state index in [1.165, 1.54) is 12.1 Å². The second-order valence-electron chi connectivity index (χ2n) is 4.98. The van der Waals surface area contributed by atoms with Crippen LogP contribution in [0.25, 0.3) is 0 Å². The molecule has 2 rings (SSSR count). The molecule has 0 spiro atoms. The molecule has 0 unspecified atom stereocenters. The summed E-state index contributed by atoms with van der Waals surface area (Å²) in [5.41, 5.74) is 6.52. The van der Waals surface area contributed by atoms with Crippen molar-refractivity contribution in [1.82, 2.24) is 4.72 Å². The number of hydrogen-bond donors (Lipinski definition) is 3. The van der Waals surface area contributed by atoms with Crippen LogP contribution in [-0.4, -0.2) is 34.6 Å². The number of methoxy groups -OCH3 is 1. The van der Waals surface area contributed by atoms with E-state index in [-0.39, 0.29) is 47.9 Å². The van der Waals surface area contributed by atoms with E-state index < -0.39 is 10.0 Å². The Morgan fingerprint density at radius 1 is 1.23 bits per heavy atom. The molecule has 26 heavy (non-hydrogen) atoms. The van der Waals surface area contributed by atoms with E-state index in [1.807, 2.05) is 0 Å². The third-order valence-electron chi connectivity index (χ3n) is 3.15. The zero-order valence-electron chi connectivity index (χ0n) is 14.0. The van der Waals surface area contributed by atoms with Crippen LogP contribution >= 0.6 is 35.6 Å². The lowest BCUT2D eigenvalue weighted by Gasteiger charge is -2.08. The average Bonchev–Trinajstić information content (AvgIpc) is 2.59. The lowest BCUT2D eigenvalue weighted by atomic mass is 10.3. The second-order valence-corrected chi connectivity index (χ2v) is 7.18. The van der Waals surface area contributed by atoms with Crippen molar-refractivity contribution in [3.8, 4) is 5.75 Å². The fourth-order valence-corrected chi connectivity index (χ4v) is 3.26. The first kappa shape index (κ1) is 22.5. The van der Waals surface area contributed by atoms with E-state index in [0.29, 0.717) is 5.02 Å². The first-order valence-electron chi connectivity index (χ1n) is 7.37. The number of anilines is 1. The summed E-state index contributed by atoms with van der Waals surface area (Å²) < 4.78 is 31.7. The summed E-state index contributed by atoms with van der Waals surface area (Å²) in [6.45, 7) is 0.300. The highest BCUT2D eigenvalue weighted by Crippen LogP contribution is 2.15. The minimum absolute atomic E-state index is 0. The summed E-state index contributed by atoms with van der Waals surface area (Å²) in [5, 5.41) is 3.26. The normalized spacial score (nSPS) is 11.5. The standard InChI is InChI=1S/C16H19ClN4O3S.HI/c1-24-14-7-5-13(6-8-14)21-16(18)19-9-10-20-25(22,23)15-4-2-3-12(17)11-15;/h2-8,11,20H,9-10H2,1H3,(H3,18,19,21);1H. The molecule has 0 radical (unpaired) electrons. The third kappa shape index (κ3) is 6.98. The number of halogens is 2. The molecule has 0 aliphatic heterocycles. The molecule has 0 fully saturated rings. The summed E-state index contributed by atoms with van der Waals surface area (Å²) in [6, 6.07) is 13.2. The zero-order chi connectivity index (χ0) is 18.3. The lowest BCUT2D eigenvalue weighted by Crippen LogP contribution is -2.28. The van der Waals surface area contributed by atoms with Crippen LogP contribution in [0.2, 0.25) is 5.02 Å². The molecule has 0 amide bonds. The van der Waals surface area contributed by atoms with Crippen molar-refractivity contribution in [1.29, 1.82) is 0 Å². The monoisotopic (exact) mass is 510 g/mol. The van der Waals surface area contributed by atoms with Crippen molar-refractivity contribution in [2.45, 2.75) is 4.90 Å². The average molecular weight is 511 g/mol.